The van der Waals surface area contributed by atoms with Crippen molar-refractivity contribution >= 4 is 11.9 Å². The van der Waals surface area contributed by atoms with Crippen LogP contribution in [0.25, 0.3) is 0 Å². The van der Waals surface area contributed by atoms with E-state index in [1.54, 1.807) is 0 Å². The third-order valence-corrected chi connectivity index (χ3v) is 3.29. The highest BCUT2D eigenvalue weighted by Crippen LogP contribution is 2.26. The third kappa shape index (κ3) is 3.07. The average Bonchev–Trinajstić information content (AvgIpc) is 2.80. The predicted octanol–water partition coefficient (Wildman–Crippen LogP) is 1.95. The van der Waals surface area contributed by atoms with Crippen LogP contribution < -0.4 is 5.32 Å². The molecule has 1 aromatic rings. The van der Waals surface area contributed by atoms with E-state index in [-0.39, 0.29) is 11.6 Å². The van der Waals surface area contributed by atoms with E-state index < -0.39 is 29.4 Å². The van der Waals surface area contributed by atoms with E-state index in [9.17, 15) is 18.4 Å². The van der Waals surface area contributed by atoms with Crippen molar-refractivity contribution in [2.75, 3.05) is 0 Å². The number of hydrogen-bond acceptors (Lipinski definition) is 2. The Balaban J connectivity index is 2.02. The molecule has 2 N–H and O–H groups in total. The molecule has 1 amide bonds. The standard InChI is InChI=1S/C13H13F2NO3/c14-8-2-4-11(15)10(6-8)12(17)16-9-3-1-7(5-9)13(18)19/h2,4,6-7,9H,1,3,5H2,(H,16,17)(H,18,19). The number of carboxylic acid groups (broad SMARTS) is 1. The van der Waals surface area contributed by atoms with Crippen molar-refractivity contribution in [3.63, 3.8) is 0 Å². The fourth-order valence-electron chi connectivity index (χ4n) is 2.27. The molecule has 2 atom stereocenters. The van der Waals surface area contributed by atoms with E-state index >= 15 is 0 Å². The second-order valence-electron chi connectivity index (χ2n) is 4.64. The summed E-state index contributed by atoms with van der Waals surface area (Å²) in [6.07, 6.45) is 1.32. The van der Waals surface area contributed by atoms with E-state index in [0.717, 1.165) is 18.2 Å². The van der Waals surface area contributed by atoms with Gasteiger partial charge < -0.3 is 10.4 Å². The van der Waals surface area contributed by atoms with Gasteiger partial charge in [0.2, 0.25) is 0 Å². The molecule has 0 heterocycles. The second-order valence-corrected chi connectivity index (χ2v) is 4.64. The molecule has 0 spiro atoms. The maximum atomic E-state index is 13.4. The largest absolute Gasteiger partial charge is 0.481 e. The van der Waals surface area contributed by atoms with Gasteiger partial charge in [-0.1, -0.05) is 0 Å². The summed E-state index contributed by atoms with van der Waals surface area (Å²) in [5.74, 6) is -3.59. The fourth-order valence-corrected chi connectivity index (χ4v) is 2.27. The molecule has 19 heavy (non-hydrogen) atoms. The highest BCUT2D eigenvalue weighted by atomic mass is 19.1. The van der Waals surface area contributed by atoms with Gasteiger partial charge in [0.15, 0.2) is 0 Å². The normalized spacial score (nSPS) is 22.2. The smallest absolute Gasteiger partial charge is 0.306 e. The number of amides is 1. The molecule has 6 heteroatoms. The zero-order valence-electron chi connectivity index (χ0n) is 10.0. The van der Waals surface area contributed by atoms with E-state index in [4.69, 9.17) is 5.11 Å². The van der Waals surface area contributed by atoms with Crippen molar-refractivity contribution in [3.8, 4) is 0 Å². The maximum absolute atomic E-state index is 13.4. The molecule has 2 rings (SSSR count). The average molecular weight is 269 g/mol. The molecule has 1 saturated carbocycles. The summed E-state index contributed by atoms with van der Waals surface area (Å²) in [6, 6.07) is 2.34. The Bertz CT molecular complexity index is 519. The lowest BCUT2D eigenvalue weighted by molar-refractivity contribution is -0.141. The number of benzene rings is 1. The van der Waals surface area contributed by atoms with Crippen LogP contribution in [0.3, 0.4) is 0 Å². The first kappa shape index (κ1) is 13.5. The topological polar surface area (TPSA) is 66.4 Å². The maximum Gasteiger partial charge on any atom is 0.306 e. The first-order valence-electron chi connectivity index (χ1n) is 5.96. The van der Waals surface area contributed by atoms with Crippen molar-refractivity contribution in [2.24, 2.45) is 5.92 Å². The van der Waals surface area contributed by atoms with Crippen molar-refractivity contribution in [1.82, 2.24) is 5.32 Å². The van der Waals surface area contributed by atoms with Gasteiger partial charge in [-0.3, -0.25) is 9.59 Å². The number of hydrogen-bond donors (Lipinski definition) is 2. The molecule has 1 aliphatic rings. The lowest BCUT2D eigenvalue weighted by atomic mass is 10.1. The summed E-state index contributed by atoms with van der Waals surface area (Å²) >= 11 is 0. The highest BCUT2D eigenvalue weighted by Gasteiger charge is 2.31. The Labute approximate surface area is 108 Å². The van der Waals surface area contributed by atoms with Gasteiger partial charge in [0.1, 0.15) is 11.6 Å². The van der Waals surface area contributed by atoms with Gasteiger partial charge in [-0.15, -0.1) is 0 Å². The van der Waals surface area contributed by atoms with E-state index in [1.807, 2.05) is 0 Å². The Morgan fingerprint density at radius 1 is 1.26 bits per heavy atom. The minimum atomic E-state index is -0.895. The minimum Gasteiger partial charge on any atom is -0.481 e. The molecular weight excluding hydrogens is 256 g/mol. The van der Waals surface area contributed by atoms with Crippen LogP contribution in [0.1, 0.15) is 29.6 Å². The van der Waals surface area contributed by atoms with Crippen LogP contribution in [0.2, 0.25) is 0 Å². The van der Waals surface area contributed by atoms with Gasteiger partial charge in [-0.25, -0.2) is 8.78 Å². The quantitative estimate of drug-likeness (QED) is 0.881. The highest BCUT2D eigenvalue weighted by molar-refractivity contribution is 5.94. The van der Waals surface area contributed by atoms with Crippen molar-refractivity contribution in [2.45, 2.75) is 25.3 Å². The molecule has 4 nitrogen and oxygen atoms in total. The van der Waals surface area contributed by atoms with Crippen molar-refractivity contribution in [1.29, 1.82) is 0 Å². The molecule has 1 aromatic carbocycles. The Hall–Kier alpha value is -1.98. The number of nitrogens with one attached hydrogen (secondary N) is 1. The van der Waals surface area contributed by atoms with Gasteiger partial charge in [-0.2, -0.15) is 0 Å². The molecule has 1 aliphatic carbocycles. The summed E-state index contributed by atoms with van der Waals surface area (Å²) in [5.41, 5.74) is -0.362. The number of carbonyl (C=O) groups excluding carboxylic acids is 1. The van der Waals surface area contributed by atoms with Gasteiger partial charge in [0.05, 0.1) is 11.5 Å². The van der Waals surface area contributed by atoms with E-state index in [1.165, 1.54) is 0 Å². The van der Waals surface area contributed by atoms with Gasteiger partial charge in [0, 0.05) is 6.04 Å². The van der Waals surface area contributed by atoms with Gasteiger partial charge >= 0.3 is 5.97 Å². The second kappa shape index (κ2) is 5.34. The lowest BCUT2D eigenvalue weighted by Gasteiger charge is -2.12. The van der Waals surface area contributed by atoms with Gasteiger partial charge in [-0.05, 0) is 37.5 Å². The third-order valence-electron chi connectivity index (χ3n) is 3.29. The zero-order valence-corrected chi connectivity index (χ0v) is 10.0. The molecule has 0 aliphatic heterocycles. The Morgan fingerprint density at radius 2 is 2.00 bits per heavy atom. The SMILES string of the molecule is O=C(NC1CCC(C(=O)O)C1)c1cc(F)ccc1F. The number of aliphatic carboxylic acids is 1. The number of rotatable bonds is 3. The molecule has 2 unspecified atom stereocenters. The van der Waals surface area contributed by atoms with Crippen LogP contribution in [-0.4, -0.2) is 23.0 Å². The summed E-state index contributed by atoms with van der Waals surface area (Å²) < 4.78 is 26.3. The summed E-state index contributed by atoms with van der Waals surface area (Å²) in [4.78, 5) is 22.6. The molecule has 1 fully saturated rings. The first-order valence-corrected chi connectivity index (χ1v) is 5.96. The molecule has 102 valence electrons. The lowest BCUT2D eigenvalue weighted by Crippen LogP contribution is -2.34. The zero-order chi connectivity index (χ0) is 14.0. The van der Waals surface area contributed by atoms with Crippen LogP contribution in [0.15, 0.2) is 18.2 Å². The van der Waals surface area contributed by atoms with Crippen LogP contribution in [0.4, 0.5) is 8.78 Å². The van der Waals surface area contributed by atoms with E-state index in [2.05, 4.69) is 5.32 Å². The van der Waals surface area contributed by atoms with Crippen molar-refractivity contribution < 1.29 is 23.5 Å². The molecule has 0 aromatic heterocycles. The van der Waals surface area contributed by atoms with Gasteiger partial charge in [0.25, 0.3) is 5.91 Å². The minimum absolute atomic E-state index is 0.309. The fraction of sp³-hybridized carbons (Fsp3) is 0.385. The Kier molecular flexibility index (Phi) is 3.78. The van der Waals surface area contributed by atoms with Crippen LogP contribution in [-0.2, 0) is 4.79 Å². The number of carbonyl (C=O) groups is 2. The molecule has 0 radical (unpaired) electrons. The van der Waals surface area contributed by atoms with Crippen molar-refractivity contribution in [3.05, 3.63) is 35.4 Å². The van der Waals surface area contributed by atoms with Crippen LogP contribution in [0, 0.1) is 17.6 Å². The van der Waals surface area contributed by atoms with Crippen LogP contribution in [0.5, 0.6) is 0 Å². The number of carboxylic acids is 1. The molecule has 0 bridgehead atoms. The molecular formula is C13H13F2NO3. The predicted molar refractivity (Wildman–Crippen MR) is 62.6 cm³/mol. The summed E-state index contributed by atoms with van der Waals surface area (Å²) in [6.45, 7) is 0. The molecule has 0 saturated heterocycles. The van der Waals surface area contributed by atoms with E-state index in [0.29, 0.717) is 19.3 Å². The number of halogens is 2. The Morgan fingerprint density at radius 3 is 2.63 bits per heavy atom. The first-order chi connectivity index (χ1) is 8.97. The summed E-state index contributed by atoms with van der Waals surface area (Å²) in [5, 5.41) is 11.4. The monoisotopic (exact) mass is 269 g/mol. The summed E-state index contributed by atoms with van der Waals surface area (Å²) in [7, 11) is 0. The van der Waals surface area contributed by atoms with Crippen LogP contribution >= 0.6 is 0 Å².